The molecule has 4 aliphatic rings. The van der Waals surface area contributed by atoms with Crippen LogP contribution in [0.15, 0.2) is 36.5 Å². The van der Waals surface area contributed by atoms with Crippen LogP contribution in [0, 0.1) is 0 Å². The molecular formula is C27H32O16. The number of rotatable bonds is 10. The van der Waals surface area contributed by atoms with Crippen molar-refractivity contribution in [2.75, 3.05) is 40.1 Å². The zero-order valence-corrected chi connectivity index (χ0v) is 23.2. The maximum atomic E-state index is 11.6. The summed E-state index contributed by atoms with van der Waals surface area (Å²) in [5.41, 5.74) is 0. The molecular weight excluding hydrogens is 580 g/mol. The van der Waals surface area contributed by atoms with Crippen molar-refractivity contribution < 1.29 is 76.9 Å². The highest BCUT2D eigenvalue weighted by Gasteiger charge is 2.51. The quantitative estimate of drug-likeness (QED) is 0.150. The zero-order chi connectivity index (χ0) is 31.5. The highest BCUT2D eigenvalue weighted by Crippen LogP contribution is 2.31. The van der Waals surface area contributed by atoms with Crippen LogP contribution in [0.5, 0.6) is 0 Å². The van der Waals surface area contributed by atoms with Crippen molar-refractivity contribution in [3.8, 4) is 0 Å². The molecule has 0 radical (unpaired) electrons. The van der Waals surface area contributed by atoms with E-state index in [-0.39, 0.29) is 32.2 Å². The van der Waals surface area contributed by atoms with Crippen LogP contribution >= 0.6 is 0 Å². The van der Waals surface area contributed by atoms with Gasteiger partial charge in [0.1, 0.15) is 37.1 Å². The van der Waals surface area contributed by atoms with E-state index in [1.807, 2.05) is 0 Å². The van der Waals surface area contributed by atoms with Crippen LogP contribution in [0.25, 0.3) is 0 Å². The van der Waals surface area contributed by atoms with Crippen LogP contribution < -0.4 is 0 Å². The fourth-order valence-electron chi connectivity index (χ4n) is 4.34. The van der Waals surface area contributed by atoms with Crippen LogP contribution in [0.3, 0.4) is 0 Å². The zero-order valence-electron chi connectivity index (χ0n) is 23.2. The van der Waals surface area contributed by atoms with Crippen LogP contribution in [0.2, 0.25) is 0 Å². The van der Waals surface area contributed by atoms with Gasteiger partial charge in [0.25, 0.3) is 0 Å². The number of ketones is 2. The Morgan fingerprint density at radius 2 is 1.02 bits per heavy atom. The number of aliphatic hydroxyl groups is 2. The number of fused-ring (bicyclic) bond motifs is 2. The van der Waals surface area contributed by atoms with Gasteiger partial charge in [-0.05, 0) is 19.1 Å². The van der Waals surface area contributed by atoms with Crippen molar-refractivity contribution in [1.82, 2.24) is 0 Å². The SMILES string of the molecule is CC(=O)/C=C/C(=O)OC1COC2C(OC(=O)/C=C/C(=O)CO)COC12.COC(=O)/C=C/C(=O)OC1COC2C(O)COC12. The Kier molecular flexibility index (Phi) is 12.7. The van der Waals surface area contributed by atoms with E-state index < -0.39 is 85.1 Å². The fourth-order valence-corrected chi connectivity index (χ4v) is 4.34. The summed E-state index contributed by atoms with van der Waals surface area (Å²) in [6, 6.07) is 0. The minimum atomic E-state index is -0.774. The molecule has 0 bridgehead atoms. The van der Waals surface area contributed by atoms with E-state index in [0.29, 0.717) is 0 Å². The molecule has 4 aliphatic heterocycles. The first-order valence-corrected chi connectivity index (χ1v) is 13.0. The molecule has 236 valence electrons. The largest absolute Gasteiger partial charge is 0.466 e. The molecule has 2 N–H and O–H groups in total. The Hall–Kier alpha value is -3.80. The van der Waals surface area contributed by atoms with Gasteiger partial charge in [0.2, 0.25) is 0 Å². The maximum absolute atomic E-state index is 11.6. The molecule has 8 atom stereocenters. The first-order valence-electron chi connectivity index (χ1n) is 13.0. The Morgan fingerprint density at radius 1 is 0.628 bits per heavy atom. The minimum Gasteiger partial charge on any atom is -0.466 e. The van der Waals surface area contributed by atoms with Gasteiger partial charge in [-0.15, -0.1) is 0 Å². The predicted molar refractivity (Wildman–Crippen MR) is 137 cm³/mol. The molecule has 8 unspecified atom stereocenters. The lowest BCUT2D eigenvalue weighted by Crippen LogP contribution is -2.35. The average Bonchev–Trinajstić information content (AvgIpc) is 3.76. The summed E-state index contributed by atoms with van der Waals surface area (Å²) < 4.78 is 41.2. The Balaban J connectivity index is 0.000000248. The Morgan fingerprint density at radius 3 is 1.49 bits per heavy atom. The Labute approximate surface area is 245 Å². The molecule has 4 rings (SSSR count). The number of esters is 4. The summed E-state index contributed by atoms with van der Waals surface area (Å²) >= 11 is 0. The molecule has 16 heteroatoms. The summed E-state index contributed by atoms with van der Waals surface area (Å²) in [6.45, 7) is 1.07. The normalized spacial score (nSPS) is 30.9. The summed E-state index contributed by atoms with van der Waals surface area (Å²) in [5.74, 6) is -3.70. The number of carbonyl (C=O) groups excluding carboxylic acids is 6. The monoisotopic (exact) mass is 612 g/mol. The van der Waals surface area contributed by atoms with Crippen molar-refractivity contribution in [3.63, 3.8) is 0 Å². The first-order chi connectivity index (χ1) is 20.5. The standard InChI is InChI=1S/C16H18O9.C11H14O7/c1-9(18)2-4-13(20)24-11-7-22-16-12(8-23-15(11)16)25-14(21)5-3-10(19)6-17;1-15-8(13)2-3-9(14)18-7-5-17-10-6(12)4-16-11(7)10/h2-5,11-12,15-17H,6-8H2,1H3;2-3,6-7,10-12H,4-5H2,1H3/b4-2+,5-3+;3-2+. The summed E-state index contributed by atoms with van der Waals surface area (Å²) in [7, 11) is 1.21. The van der Waals surface area contributed by atoms with E-state index in [2.05, 4.69) is 4.74 Å². The number of hydrogen-bond donors (Lipinski definition) is 2. The average molecular weight is 613 g/mol. The van der Waals surface area contributed by atoms with Crippen LogP contribution in [0.4, 0.5) is 0 Å². The van der Waals surface area contributed by atoms with Crippen molar-refractivity contribution in [1.29, 1.82) is 0 Å². The van der Waals surface area contributed by atoms with Gasteiger partial charge in [0.05, 0.1) is 33.5 Å². The molecule has 4 fully saturated rings. The second-order valence-corrected chi connectivity index (χ2v) is 9.44. The maximum Gasteiger partial charge on any atom is 0.331 e. The second-order valence-electron chi connectivity index (χ2n) is 9.44. The number of methoxy groups -OCH3 is 1. The van der Waals surface area contributed by atoms with Crippen LogP contribution in [-0.4, -0.2) is 135 Å². The van der Waals surface area contributed by atoms with Crippen molar-refractivity contribution >= 4 is 35.4 Å². The highest BCUT2D eigenvalue weighted by molar-refractivity contribution is 5.96. The van der Waals surface area contributed by atoms with Gasteiger partial charge in [-0.25, -0.2) is 19.2 Å². The van der Waals surface area contributed by atoms with Gasteiger partial charge in [-0.2, -0.15) is 0 Å². The van der Waals surface area contributed by atoms with Crippen LogP contribution in [0.1, 0.15) is 6.92 Å². The lowest BCUT2D eigenvalue weighted by atomic mass is 10.1. The molecule has 0 aromatic heterocycles. The molecule has 0 aromatic carbocycles. The molecule has 4 heterocycles. The number of aliphatic hydroxyl groups excluding tert-OH is 2. The number of carbonyl (C=O) groups is 6. The fraction of sp³-hybridized carbons (Fsp3) is 0.556. The van der Waals surface area contributed by atoms with Gasteiger partial charge in [-0.1, -0.05) is 0 Å². The van der Waals surface area contributed by atoms with E-state index in [9.17, 15) is 33.9 Å². The van der Waals surface area contributed by atoms with Gasteiger partial charge in [0, 0.05) is 24.3 Å². The van der Waals surface area contributed by atoms with Gasteiger partial charge in [-0.3, -0.25) is 9.59 Å². The predicted octanol–water partition coefficient (Wildman–Crippen LogP) is -2.34. The molecule has 43 heavy (non-hydrogen) atoms. The molecule has 0 saturated carbocycles. The number of hydrogen-bond acceptors (Lipinski definition) is 16. The molecule has 0 aliphatic carbocycles. The molecule has 4 saturated heterocycles. The highest BCUT2D eigenvalue weighted by atomic mass is 16.7. The van der Waals surface area contributed by atoms with Gasteiger partial charge < -0.3 is 48.1 Å². The third-order valence-corrected chi connectivity index (χ3v) is 6.32. The van der Waals surface area contributed by atoms with Crippen molar-refractivity contribution in [2.45, 2.75) is 55.8 Å². The molecule has 0 amide bonds. The number of ether oxygens (including phenoxy) is 8. The van der Waals surface area contributed by atoms with Crippen molar-refractivity contribution in [2.24, 2.45) is 0 Å². The lowest BCUT2D eigenvalue weighted by molar-refractivity contribution is -0.150. The summed E-state index contributed by atoms with van der Waals surface area (Å²) in [5, 5.41) is 18.1. The van der Waals surface area contributed by atoms with Crippen molar-refractivity contribution in [3.05, 3.63) is 36.5 Å². The first kappa shape index (κ1) is 33.7. The molecule has 0 spiro atoms. The minimum absolute atomic E-state index is 0.0557. The van der Waals surface area contributed by atoms with E-state index in [1.54, 1.807) is 0 Å². The van der Waals surface area contributed by atoms with E-state index in [1.165, 1.54) is 14.0 Å². The molecule has 0 aromatic rings. The summed E-state index contributed by atoms with van der Waals surface area (Å²) in [6.07, 6.45) is 1.16. The topological polar surface area (TPSA) is 217 Å². The van der Waals surface area contributed by atoms with Gasteiger partial charge >= 0.3 is 23.9 Å². The molecule has 16 nitrogen and oxygen atoms in total. The summed E-state index contributed by atoms with van der Waals surface area (Å²) in [4.78, 5) is 67.1. The van der Waals surface area contributed by atoms with Crippen LogP contribution in [-0.2, 0) is 66.7 Å². The van der Waals surface area contributed by atoms with E-state index in [0.717, 1.165) is 36.5 Å². The third-order valence-electron chi connectivity index (χ3n) is 6.32. The number of allylic oxidation sites excluding steroid dienone is 1. The van der Waals surface area contributed by atoms with E-state index >= 15 is 0 Å². The second kappa shape index (κ2) is 16.2. The van der Waals surface area contributed by atoms with Gasteiger partial charge in [0.15, 0.2) is 29.9 Å². The smallest absolute Gasteiger partial charge is 0.331 e. The lowest BCUT2D eigenvalue weighted by Gasteiger charge is -2.16. The van der Waals surface area contributed by atoms with E-state index in [4.69, 9.17) is 38.3 Å². The Bertz CT molecular complexity index is 1140. The third kappa shape index (κ3) is 9.87.